The zero-order chi connectivity index (χ0) is 19.8. The van der Waals surface area contributed by atoms with Gasteiger partial charge in [0.25, 0.3) is 0 Å². The van der Waals surface area contributed by atoms with E-state index in [2.05, 4.69) is 4.98 Å². The molecule has 0 bridgehead atoms. The van der Waals surface area contributed by atoms with Gasteiger partial charge < -0.3 is 14.5 Å². The van der Waals surface area contributed by atoms with Gasteiger partial charge in [-0.15, -0.1) is 0 Å². The lowest BCUT2D eigenvalue weighted by Crippen LogP contribution is -2.50. The molecule has 0 radical (unpaired) electrons. The Balaban J connectivity index is 1.86. The van der Waals surface area contributed by atoms with Crippen LogP contribution in [0.5, 0.6) is 5.75 Å². The van der Waals surface area contributed by atoms with Crippen molar-refractivity contribution in [2.75, 3.05) is 4.90 Å². The second-order valence-corrected chi connectivity index (χ2v) is 7.55. The summed E-state index contributed by atoms with van der Waals surface area (Å²) < 4.78 is 24.5. The maximum absolute atomic E-state index is 13.4. The quantitative estimate of drug-likeness (QED) is 0.816. The first-order chi connectivity index (χ1) is 12.6. The molecule has 8 heteroatoms. The second kappa shape index (κ2) is 6.94. The molecule has 1 N–H and O–H groups in total. The number of halogens is 1. The van der Waals surface area contributed by atoms with Crippen LogP contribution < -0.4 is 15.1 Å². The molecule has 0 atom stereocenters. The maximum Gasteiger partial charge on any atom is 0.421 e. The van der Waals surface area contributed by atoms with Gasteiger partial charge in [0, 0.05) is 17.8 Å². The van der Waals surface area contributed by atoms with Crippen molar-refractivity contribution in [1.29, 1.82) is 0 Å². The maximum atomic E-state index is 13.4. The van der Waals surface area contributed by atoms with Gasteiger partial charge in [0.2, 0.25) is 0 Å². The molecule has 1 amide bonds. The summed E-state index contributed by atoms with van der Waals surface area (Å²) in [6.07, 6.45) is 0.947. The number of ether oxygens (including phenoxy) is 1. The van der Waals surface area contributed by atoms with Crippen LogP contribution in [-0.2, 0) is 11.2 Å². The molecule has 1 aromatic carbocycles. The largest absolute Gasteiger partial charge is 0.427 e. The van der Waals surface area contributed by atoms with Gasteiger partial charge in [-0.25, -0.2) is 14.2 Å². The number of aromatic nitrogens is 1. The molecule has 1 aliphatic rings. The zero-order valence-electron chi connectivity index (χ0n) is 15.8. The Bertz CT molecular complexity index is 867. The van der Waals surface area contributed by atoms with Crippen molar-refractivity contribution in [3.05, 3.63) is 47.9 Å². The molecule has 0 unspecified atom stereocenters. The summed E-state index contributed by atoms with van der Waals surface area (Å²) >= 11 is 0. The molecular weight excluding hydrogens is 350 g/mol. The summed E-state index contributed by atoms with van der Waals surface area (Å²) in [5.41, 5.74) is -0.502. The molecule has 0 spiro atoms. The molecule has 1 aromatic heterocycles. The fourth-order valence-electron chi connectivity index (χ4n) is 2.52. The molecule has 27 heavy (non-hydrogen) atoms. The Morgan fingerprint density at radius 3 is 2.74 bits per heavy atom. The fraction of sp³-hybridized carbons (Fsp3) is 0.368. The first-order valence-electron chi connectivity index (χ1n) is 8.66. The summed E-state index contributed by atoms with van der Waals surface area (Å²) in [7, 11) is 0.153. The number of amides is 1. The number of hydrogen-bond donors (Lipinski definition) is 1. The van der Waals surface area contributed by atoms with Crippen molar-refractivity contribution in [1.82, 2.24) is 4.98 Å². The van der Waals surface area contributed by atoms with Crippen LogP contribution >= 0.6 is 0 Å². The standard InChI is InChI=1S/C19H22BFN2O4/c1-18(2,25)19(3,4)27-20-14-6-5-9-22-16(14)23-11-12-7-8-13(21)10-15(12)26-17(23)24/h5-10,20,25H,11H2,1-4H3. The van der Waals surface area contributed by atoms with Crippen LogP contribution in [-0.4, -0.2) is 34.9 Å². The smallest absolute Gasteiger partial charge is 0.421 e. The first kappa shape index (κ1) is 19.3. The monoisotopic (exact) mass is 372 g/mol. The van der Waals surface area contributed by atoms with Gasteiger partial charge in [0.05, 0.1) is 17.7 Å². The van der Waals surface area contributed by atoms with E-state index in [9.17, 15) is 14.3 Å². The Kier molecular flexibility index (Phi) is 4.97. The van der Waals surface area contributed by atoms with E-state index >= 15 is 0 Å². The highest BCUT2D eigenvalue weighted by Crippen LogP contribution is 2.29. The lowest BCUT2D eigenvalue weighted by atomic mass is 9.82. The number of hydrogen-bond acceptors (Lipinski definition) is 5. The van der Waals surface area contributed by atoms with Gasteiger partial charge in [-0.2, -0.15) is 0 Å². The zero-order valence-corrected chi connectivity index (χ0v) is 15.8. The topological polar surface area (TPSA) is 71.9 Å². The molecular formula is C19H22BFN2O4. The van der Waals surface area contributed by atoms with Gasteiger partial charge in [-0.1, -0.05) is 12.1 Å². The number of benzene rings is 1. The summed E-state index contributed by atoms with van der Waals surface area (Å²) in [5.74, 6) is 0.160. The van der Waals surface area contributed by atoms with Crippen LogP contribution in [0.25, 0.3) is 0 Å². The van der Waals surface area contributed by atoms with Crippen LogP contribution in [0.3, 0.4) is 0 Å². The van der Waals surface area contributed by atoms with Gasteiger partial charge in [0.15, 0.2) is 0 Å². The average Bonchev–Trinajstić information content (AvgIpc) is 2.59. The molecule has 3 rings (SSSR count). The SMILES string of the molecule is CC(C)(O)C(C)(C)OBc1cccnc1N1Cc2ccc(F)cc2OC1=O. The van der Waals surface area contributed by atoms with Crippen LogP contribution in [0.1, 0.15) is 33.3 Å². The Labute approximate surface area is 158 Å². The summed E-state index contributed by atoms with van der Waals surface area (Å²) in [6, 6.07) is 7.65. The number of carbonyl (C=O) groups excluding carboxylic acids is 1. The predicted octanol–water partition coefficient (Wildman–Crippen LogP) is 2.28. The van der Waals surface area contributed by atoms with E-state index < -0.39 is 23.1 Å². The molecule has 6 nitrogen and oxygen atoms in total. The highest BCUT2D eigenvalue weighted by Gasteiger charge is 2.36. The predicted molar refractivity (Wildman–Crippen MR) is 101 cm³/mol. The second-order valence-electron chi connectivity index (χ2n) is 7.55. The highest BCUT2D eigenvalue weighted by atomic mass is 19.1. The molecule has 0 saturated carbocycles. The molecule has 0 fully saturated rings. The fourth-order valence-corrected chi connectivity index (χ4v) is 2.52. The number of pyridine rings is 1. The van der Waals surface area contributed by atoms with Crippen molar-refractivity contribution in [3.63, 3.8) is 0 Å². The Morgan fingerprint density at radius 2 is 2.04 bits per heavy atom. The van der Waals surface area contributed by atoms with E-state index in [1.807, 2.05) is 0 Å². The number of aliphatic hydroxyl groups is 1. The van der Waals surface area contributed by atoms with E-state index in [0.717, 1.165) is 0 Å². The summed E-state index contributed by atoms with van der Waals surface area (Å²) in [4.78, 5) is 18.1. The minimum atomic E-state index is -1.05. The van der Waals surface area contributed by atoms with Gasteiger partial charge >= 0.3 is 13.6 Å². The Hall–Kier alpha value is -2.45. The van der Waals surface area contributed by atoms with Crippen molar-refractivity contribution < 1.29 is 23.7 Å². The van der Waals surface area contributed by atoms with E-state index in [-0.39, 0.29) is 19.8 Å². The van der Waals surface area contributed by atoms with Crippen molar-refractivity contribution in [2.45, 2.75) is 45.4 Å². The number of anilines is 1. The highest BCUT2D eigenvalue weighted by molar-refractivity contribution is 6.49. The third-order valence-electron chi connectivity index (χ3n) is 4.96. The van der Waals surface area contributed by atoms with Crippen molar-refractivity contribution in [2.24, 2.45) is 0 Å². The number of rotatable bonds is 5. The number of fused-ring (bicyclic) bond motifs is 1. The third kappa shape index (κ3) is 3.96. The minimum Gasteiger partial charge on any atom is -0.427 e. The first-order valence-corrected chi connectivity index (χ1v) is 8.66. The molecule has 2 heterocycles. The minimum absolute atomic E-state index is 0.153. The Morgan fingerprint density at radius 1 is 1.30 bits per heavy atom. The lowest BCUT2D eigenvalue weighted by Gasteiger charge is -2.38. The molecule has 1 aliphatic heterocycles. The van der Waals surface area contributed by atoms with Gasteiger partial charge in [-0.05, 0) is 45.3 Å². The number of nitrogens with zero attached hydrogens (tertiary/aromatic N) is 2. The van der Waals surface area contributed by atoms with E-state index in [0.29, 0.717) is 16.8 Å². The van der Waals surface area contributed by atoms with Crippen molar-refractivity contribution >= 4 is 24.9 Å². The number of carbonyl (C=O) groups is 1. The molecule has 2 aromatic rings. The molecule has 0 saturated heterocycles. The molecule has 0 aliphatic carbocycles. The van der Waals surface area contributed by atoms with Crippen LogP contribution in [0.2, 0.25) is 0 Å². The normalized spacial score (nSPS) is 14.6. The molecule has 142 valence electrons. The van der Waals surface area contributed by atoms with Gasteiger partial charge in [0.1, 0.15) is 17.4 Å². The summed E-state index contributed by atoms with van der Waals surface area (Å²) in [5, 5.41) is 10.3. The summed E-state index contributed by atoms with van der Waals surface area (Å²) in [6.45, 7) is 7.16. The van der Waals surface area contributed by atoms with Crippen LogP contribution in [0.15, 0.2) is 36.5 Å². The van der Waals surface area contributed by atoms with E-state index in [1.165, 1.54) is 17.0 Å². The average molecular weight is 372 g/mol. The lowest BCUT2D eigenvalue weighted by molar-refractivity contribution is -0.0893. The van der Waals surface area contributed by atoms with Crippen LogP contribution in [0.4, 0.5) is 15.0 Å². The van der Waals surface area contributed by atoms with E-state index in [4.69, 9.17) is 9.39 Å². The van der Waals surface area contributed by atoms with Crippen LogP contribution in [0, 0.1) is 5.82 Å². The van der Waals surface area contributed by atoms with Gasteiger partial charge in [-0.3, -0.25) is 4.90 Å². The van der Waals surface area contributed by atoms with E-state index in [1.54, 1.807) is 52.1 Å². The third-order valence-corrected chi connectivity index (χ3v) is 4.96. The van der Waals surface area contributed by atoms with Crippen molar-refractivity contribution in [3.8, 4) is 5.75 Å².